The van der Waals surface area contributed by atoms with Gasteiger partial charge in [-0.3, -0.25) is 0 Å². The molecule has 0 unspecified atom stereocenters. The number of aryl methyl sites for hydroxylation is 1. The number of ether oxygens (including phenoxy) is 2. The third kappa shape index (κ3) is 5.76. The number of benzene rings is 3. The molecule has 0 bridgehead atoms. The highest BCUT2D eigenvalue weighted by atomic mass is 32.2. The van der Waals surface area contributed by atoms with Crippen LogP contribution in [0.1, 0.15) is 22.3 Å². The van der Waals surface area contributed by atoms with Crippen LogP contribution in [-0.4, -0.2) is 28.2 Å². The molecule has 0 spiro atoms. The average Bonchev–Trinajstić information content (AvgIpc) is 3.29. The first-order valence-corrected chi connectivity index (χ1v) is 11.2. The number of aromatic nitrogens is 3. The van der Waals surface area contributed by atoms with Crippen LogP contribution >= 0.6 is 11.8 Å². The molecule has 32 heavy (non-hydrogen) atoms. The summed E-state index contributed by atoms with van der Waals surface area (Å²) >= 11 is 1.59. The van der Waals surface area contributed by atoms with E-state index in [9.17, 15) is 0 Å². The minimum Gasteiger partial charge on any atom is -0.493 e. The highest BCUT2D eigenvalue weighted by Gasteiger charge is 2.07. The Morgan fingerprint density at radius 1 is 0.969 bits per heavy atom. The molecule has 0 aliphatic heterocycles. The van der Waals surface area contributed by atoms with Gasteiger partial charge in [-0.05, 0) is 41.8 Å². The third-order valence-corrected chi connectivity index (χ3v) is 5.75. The molecule has 0 fully saturated rings. The van der Waals surface area contributed by atoms with Crippen LogP contribution in [-0.2, 0) is 12.4 Å². The number of hydrogen-bond donors (Lipinski definition) is 0. The van der Waals surface area contributed by atoms with Crippen LogP contribution in [0.3, 0.4) is 0 Å². The van der Waals surface area contributed by atoms with Gasteiger partial charge in [0.2, 0.25) is 5.16 Å². The summed E-state index contributed by atoms with van der Waals surface area (Å²) < 4.78 is 13.1. The number of rotatable bonds is 9. The van der Waals surface area contributed by atoms with Gasteiger partial charge >= 0.3 is 0 Å². The fourth-order valence-corrected chi connectivity index (χ4v) is 3.79. The van der Waals surface area contributed by atoms with E-state index in [0.717, 1.165) is 22.0 Å². The zero-order chi connectivity index (χ0) is 22.2. The molecule has 4 rings (SSSR count). The van der Waals surface area contributed by atoms with Crippen molar-refractivity contribution in [1.82, 2.24) is 14.9 Å². The summed E-state index contributed by atoms with van der Waals surface area (Å²) in [5.74, 6) is 2.14. The lowest BCUT2D eigenvalue weighted by Crippen LogP contribution is -1.98. The molecule has 0 amide bonds. The quantitative estimate of drug-likeness (QED) is 0.257. The SMILES string of the molecule is COc1cc(C=Nn2cnnc2SCc2ccc(C)cc2)ccc1OCc1ccccc1. The fourth-order valence-electron chi connectivity index (χ4n) is 2.97. The molecule has 0 saturated heterocycles. The molecule has 0 aliphatic rings. The smallest absolute Gasteiger partial charge is 0.212 e. The standard InChI is InChI=1S/C25H24N4O2S/c1-19-8-10-21(11-9-19)17-32-25-28-26-18-29(25)27-15-22-12-13-23(24(14-22)30-2)31-16-20-6-4-3-5-7-20/h3-15,18H,16-17H2,1-2H3. The van der Waals surface area contributed by atoms with Crippen molar-refractivity contribution in [2.45, 2.75) is 24.4 Å². The van der Waals surface area contributed by atoms with Crippen LogP contribution in [0.5, 0.6) is 11.5 Å². The first kappa shape index (κ1) is 21.6. The van der Waals surface area contributed by atoms with Gasteiger partial charge in [0.25, 0.3) is 0 Å². The molecule has 0 N–H and O–H groups in total. The van der Waals surface area contributed by atoms with Crippen molar-refractivity contribution in [2.75, 3.05) is 7.11 Å². The normalized spacial score (nSPS) is 11.1. The Morgan fingerprint density at radius 3 is 2.56 bits per heavy atom. The Labute approximate surface area is 191 Å². The van der Waals surface area contributed by atoms with E-state index in [2.05, 4.69) is 46.5 Å². The molecule has 162 valence electrons. The van der Waals surface area contributed by atoms with Crippen molar-refractivity contribution in [1.29, 1.82) is 0 Å². The predicted octanol–water partition coefficient (Wildman–Crippen LogP) is 5.35. The van der Waals surface area contributed by atoms with Gasteiger partial charge in [0, 0.05) is 5.75 Å². The summed E-state index contributed by atoms with van der Waals surface area (Å²) in [4.78, 5) is 0. The van der Waals surface area contributed by atoms with Crippen molar-refractivity contribution in [3.63, 3.8) is 0 Å². The van der Waals surface area contributed by atoms with E-state index in [1.54, 1.807) is 36.1 Å². The molecule has 0 radical (unpaired) electrons. The Morgan fingerprint density at radius 2 is 1.78 bits per heavy atom. The summed E-state index contributed by atoms with van der Waals surface area (Å²) in [5.41, 5.74) is 4.47. The Balaban J connectivity index is 1.41. The van der Waals surface area contributed by atoms with Crippen molar-refractivity contribution in [3.8, 4) is 11.5 Å². The minimum atomic E-state index is 0.479. The topological polar surface area (TPSA) is 61.5 Å². The summed E-state index contributed by atoms with van der Waals surface area (Å²) in [7, 11) is 1.63. The van der Waals surface area contributed by atoms with E-state index in [1.807, 2.05) is 48.5 Å². The van der Waals surface area contributed by atoms with E-state index in [4.69, 9.17) is 9.47 Å². The Kier molecular flexibility index (Phi) is 7.19. The summed E-state index contributed by atoms with van der Waals surface area (Å²) in [6, 6.07) is 24.2. The lowest BCUT2D eigenvalue weighted by molar-refractivity contribution is 0.284. The molecule has 3 aromatic carbocycles. The molecule has 6 nitrogen and oxygen atoms in total. The van der Waals surface area contributed by atoms with Crippen LogP contribution in [0.4, 0.5) is 0 Å². The number of hydrogen-bond acceptors (Lipinski definition) is 6. The van der Waals surface area contributed by atoms with Gasteiger partial charge < -0.3 is 9.47 Å². The first-order valence-electron chi connectivity index (χ1n) is 10.2. The minimum absolute atomic E-state index is 0.479. The molecular formula is C25H24N4O2S. The van der Waals surface area contributed by atoms with E-state index < -0.39 is 0 Å². The lowest BCUT2D eigenvalue weighted by atomic mass is 10.2. The molecule has 0 aliphatic carbocycles. The second-order valence-corrected chi connectivity index (χ2v) is 8.10. The Hall–Kier alpha value is -3.58. The van der Waals surface area contributed by atoms with Crippen molar-refractivity contribution in [3.05, 3.63) is 101 Å². The van der Waals surface area contributed by atoms with Gasteiger partial charge in [-0.2, -0.15) is 9.78 Å². The van der Waals surface area contributed by atoms with Crippen molar-refractivity contribution >= 4 is 18.0 Å². The van der Waals surface area contributed by atoms with Gasteiger partial charge in [0.1, 0.15) is 12.9 Å². The lowest BCUT2D eigenvalue weighted by Gasteiger charge is -2.11. The summed E-state index contributed by atoms with van der Waals surface area (Å²) in [5, 5.41) is 13.4. The van der Waals surface area contributed by atoms with E-state index in [1.165, 1.54) is 11.1 Å². The highest BCUT2D eigenvalue weighted by molar-refractivity contribution is 7.98. The van der Waals surface area contributed by atoms with Crippen LogP contribution < -0.4 is 9.47 Å². The van der Waals surface area contributed by atoms with Gasteiger partial charge in [-0.15, -0.1) is 10.2 Å². The molecule has 1 aromatic heterocycles. The second kappa shape index (κ2) is 10.6. The molecule has 1 heterocycles. The monoisotopic (exact) mass is 444 g/mol. The van der Waals surface area contributed by atoms with Crippen LogP contribution in [0.15, 0.2) is 89.4 Å². The number of methoxy groups -OCH3 is 1. The summed E-state index contributed by atoms with van der Waals surface area (Å²) in [6.07, 6.45) is 3.35. The average molecular weight is 445 g/mol. The predicted molar refractivity (Wildman–Crippen MR) is 128 cm³/mol. The molecular weight excluding hydrogens is 420 g/mol. The van der Waals surface area contributed by atoms with Gasteiger partial charge in [0.05, 0.1) is 13.3 Å². The molecule has 7 heteroatoms. The summed E-state index contributed by atoms with van der Waals surface area (Å²) in [6.45, 7) is 2.56. The largest absolute Gasteiger partial charge is 0.493 e. The highest BCUT2D eigenvalue weighted by Crippen LogP contribution is 2.28. The molecule has 4 aromatic rings. The van der Waals surface area contributed by atoms with Crippen LogP contribution in [0.25, 0.3) is 0 Å². The van der Waals surface area contributed by atoms with Gasteiger partial charge in [-0.25, -0.2) is 0 Å². The maximum absolute atomic E-state index is 5.92. The van der Waals surface area contributed by atoms with Gasteiger partial charge in [0.15, 0.2) is 11.5 Å². The van der Waals surface area contributed by atoms with Crippen molar-refractivity contribution in [2.24, 2.45) is 5.10 Å². The maximum atomic E-state index is 5.92. The number of nitrogens with zero attached hydrogens (tertiary/aromatic N) is 4. The number of thioether (sulfide) groups is 1. The van der Waals surface area contributed by atoms with Crippen LogP contribution in [0, 0.1) is 6.92 Å². The second-order valence-electron chi connectivity index (χ2n) is 7.16. The fraction of sp³-hybridized carbons (Fsp3) is 0.160. The third-order valence-electron chi connectivity index (χ3n) is 4.74. The van der Waals surface area contributed by atoms with E-state index in [0.29, 0.717) is 18.1 Å². The molecule has 0 saturated carbocycles. The Bertz CT molecular complexity index is 1170. The van der Waals surface area contributed by atoms with E-state index >= 15 is 0 Å². The zero-order valence-electron chi connectivity index (χ0n) is 18.0. The van der Waals surface area contributed by atoms with E-state index in [-0.39, 0.29) is 0 Å². The first-order chi connectivity index (χ1) is 15.7. The van der Waals surface area contributed by atoms with Gasteiger partial charge in [-0.1, -0.05) is 71.9 Å². The van der Waals surface area contributed by atoms with Crippen LogP contribution in [0.2, 0.25) is 0 Å². The van der Waals surface area contributed by atoms with Crippen molar-refractivity contribution < 1.29 is 9.47 Å². The maximum Gasteiger partial charge on any atom is 0.212 e. The zero-order valence-corrected chi connectivity index (χ0v) is 18.8. The molecule has 0 atom stereocenters.